The first kappa shape index (κ1) is 17.3. The Bertz CT molecular complexity index is 424. The molecule has 0 atom stereocenters. The number of rotatable bonds is 7. The van der Waals surface area contributed by atoms with Gasteiger partial charge in [0, 0.05) is 17.5 Å². The Morgan fingerprint density at radius 3 is 2.35 bits per heavy atom. The zero-order valence-corrected chi connectivity index (χ0v) is 14.7. The molecule has 0 bridgehead atoms. The molecule has 1 aromatic heterocycles. The second kappa shape index (κ2) is 7.87. The van der Waals surface area contributed by atoms with Crippen molar-refractivity contribution >= 4 is 17.6 Å². The summed E-state index contributed by atoms with van der Waals surface area (Å²) >= 11 is 1.86. The summed E-state index contributed by atoms with van der Waals surface area (Å²) in [5.41, 5.74) is 1.17. The van der Waals surface area contributed by atoms with E-state index in [9.17, 15) is 0 Å². The Labute approximate surface area is 128 Å². The Kier molecular flexibility index (Phi) is 6.80. The molecule has 0 amide bonds. The first-order chi connectivity index (χ1) is 9.40. The molecule has 1 aromatic rings. The molecule has 0 saturated heterocycles. The molecule has 0 fully saturated rings. The van der Waals surface area contributed by atoms with Crippen LogP contribution in [-0.4, -0.2) is 22.3 Å². The number of nitrogens with one attached hydrogen (secondary N) is 1. The van der Waals surface area contributed by atoms with E-state index in [2.05, 4.69) is 46.9 Å². The van der Waals surface area contributed by atoms with E-state index in [1.54, 1.807) is 0 Å². The average Bonchev–Trinajstić information content (AvgIpc) is 2.38. The van der Waals surface area contributed by atoms with Crippen LogP contribution in [0.4, 0.5) is 5.82 Å². The van der Waals surface area contributed by atoms with Crippen LogP contribution in [0.5, 0.6) is 0 Å². The summed E-state index contributed by atoms with van der Waals surface area (Å²) in [5, 5.41) is 4.58. The van der Waals surface area contributed by atoms with E-state index >= 15 is 0 Å². The summed E-state index contributed by atoms with van der Waals surface area (Å²) in [4.78, 5) is 9.53. The largest absolute Gasteiger partial charge is 0.370 e. The third-order valence-corrected chi connectivity index (χ3v) is 4.21. The van der Waals surface area contributed by atoms with Gasteiger partial charge in [-0.15, -0.1) is 11.8 Å². The van der Waals surface area contributed by atoms with Crippen LogP contribution >= 0.6 is 11.8 Å². The van der Waals surface area contributed by atoms with E-state index in [-0.39, 0.29) is 5.41 Å². The van der Waals surface area contributed by atoms with Gasteiger partial charge in [-0.3, -0.25) is 0 Å². The van der Waals surface area contributed by atoms with Gasteiger partial charge in [-0.05, 0) is 25.5 Å². The number of aromatic nitrogens is 2. The molecule has 0 saturated carbocycles. The summed E-state index contributed by atoms with van der Waals surface area (Å²) in [6.07, 6.45) is 3.56. The van der Waals surface area contributed by atoms with Crippen LogP contribution in [-0.2, 0) is 5.41 Å². The van der Waals surface area contributed by atoms with Crippen LogP contribution in [0.25, 0.3) is 0 Å². The number of thioether (sulfide) groups is 1. The van der Waals surface area contributed by atoms with Crippen LogP contribution in [0.1, 0.15) is 65.3 Å². The smallest absolute Gasteiger partial charge is 0.137 e. The molecule has 114 valence electrons. The lowest BCUT2D eigenvalue weighted by Gasteiger charge is -2.20. The normalized spacial score (nSPS) is 11.7. The molecule has 0 spiro atoms. The topological polar surface area (TPSA) is 37.8 Å². The van der Waals surface area contributed by atoms with Crippen LogP contribution in [0.15, 0.2) is 5.03 Å². The molecular weight excluding hydrogens is 266 g/mol. The van der Waals surface area contributed by atoms with Crippen molar-refractivity contribution in [1.29, 1.82) is 0 Å². The Balaban J connectivity index is 3.06. The minimum Gasteiger partial charge on any atom is -0.370 e. The first-order valence-corrected chi connectivity index (χ1v) is 8.64. The summed E-state index contributed by atoms with van der Waals surface area (Å²) in [7, 11) is 0. The van der Waals surface area contributed by atoms with Crippen molar-refractivity contribution in [3.8, 4) is 0 Å². The van der Waals surface area contributed by atoms with Crippen molar-refractivity contribution in [2.75, 3.05) is 17.6 Å². The van der Waals surface area contributed by atoms with Crippen molar-refractivity contribution in [3.05, 3.63) is 11.4 Å². The number of nitrogens with zero attached hydrogens (tertiary/aromatic N) is 2. The molecule has 3 nitrogen and oxygen atoms in total. The number of unbranched alkanes of at least 4 members (excludes halogenated alkanes) is 1. The molecule has 0 aliphatic rings. The van der Waals surface area contributed by atoms with Gasteiger partial charge in [-0.2, -0.15) is 0 Å². The average molecular weight is 295 g/mol. The van der Waals surface area contributed by atoms with Crippen molar-refractivity contribution in [2.24, 2.45) is 0 Å². The third-order valence-electron chi connectivity index (χ3n) is 3.05. The highest BCUT2D eigenvalue weighted by Gasteiger charge is 2.21. The Morgan fingerprint density at radius 1 is 1.10 bits per heavy atom. The summed E-state index contributed by atoms with van der Waals surface area (Å²) in [6, 6.07) is 0. The number of hydrogen-bond donors (Lipinski definition) is 1. The lowest BCUT2D eigenvalue weighted by Crippen LogP contribution is -2.19. The molecule has 0 aromatic carbocycles. The van der Waals surface area contributed by atoms with Gasteiger partial charge in [0.1, 0.15) is 16.7 Å². The second-order valence-corrected chi connectivity index (χ2v) is 7.29. The maximum Gasteiger partial charge on any atom is 0.137 e. The van der Waals surface area contributed by atoms with Gasteiger partial charge in [-0.1, -0.05) is 41.0 Å². The molecule has 0 radical (unpaired) electrons. The van der Waals surface area contributed by atoms with Crippen molar-refractivity contribution in [3.63, 3.8) is 0 Å². The van der Waals surface area contributed by atoms with E-state index in [1.807, 2.05) is 11.8 Å². The summed E-state index contributed by atoms with van der Waals surface area (Å²) < 4.78 is 0. The fourth-order valence-electron chi connectivity index (χ4n) is 1.70. The molecule has 4 heteroatoms. The molecule has 1 rings (SSSR count). The lowest BCUT2D eigenvalue weighted by molar-refractivity contribution is 0.538. The number of hydrogen-bond acceptors (Lipinski definition) is 4. The fourth-order valence-corrected chi connectivity index (χ4v) is 2.79. The number of anilines is 1. The fraction of sp³-hybridized carbons (Fsp3) is 0.750. The quantitative estimate of drug-likeness (QED) is 0.445. The molecule has 0 unspecified atom stereocenters. The van der Waals surface area contributed by atoms with E-state index in [0.29, 0.717) is 0 Å². The van der Waals surface area contributed by atoms with Crippen molar-refractivity contribution in [2.45, 2.75) is 71.2 Å². The van der Waals surface area contributed by atoms with Crippen LogP contribution in [0.2, 0.25) is 0 Å². The predicted molar refractivity (Wildman–Crippen MR) is 89.9 cm³/mol. The first-order valence-electron chi connectivity index (χ1n) is 7.65. The van der Waals surface area contributed by atoms with Gasteiger partial charge < -0.3 is 5.32 Å². The van der Waals surface area contributed by atoms with Crippen LogP contribution in [0, 0.1) is 6.92 Å². The minimum atomic E-state index is -0.0174. The maximum absolute atomic E-state index is 4.80. The van der Waals surface area contributed by atoms with Gasteiger partial charge in [0.2, 0.25) is 0 Å². The molecule has 0 aliphatic carbocycles. The second-order valence-electron chi connectivity index (χ2n) is 6.20. The monoisotopic (exact) mass is 295 g/mol. The molecule has 1 N–H and O–H groups in total. The highest BCUT2D eigenvalue weighted by Crippen LogP contribution is 2.29. The highest BCUT2D eigenvalue weighted by atomic mass is 32.2. The predicted octanol–water partition coefficient (Wildman–Crippen LogP) is 4.80. The zero-order valence-electron chi connectivity index (χ0n) is 13.8. The standard InChI is InChI=1S/C16H29N3S/c1-7-9-11-20-14-12(3)13(17-10-8-2)18-15(19-14)16(4,5)6/h7-11H2,1-6H3,(H,17,18,19). The summed E-state index contributed by atoms with van der Waals surface area (Å²) in [6.45, 7) is 14.0. The highest BCUT2D eigenvalue weighted by molar-refractivity contribution is 7.99. The molecule has 20 heavy (non-hydrogen) atoms. The molecule has 0 aliphatic heterocycles. The van der Waals surface area contributed by atoms with Gasteiger partial charge >= 0.3 is 0 Å². The molecular formula is C16H29N3S. The SMILES string of the molecule is CCCCSc1nc(C(C)(C)C)nc(NCCC)c1C. The van der Waals surface area contributed by atoms with Gasteiger partial charge in [0.25, 0.3) is 0 Å². The molecule has 1 heterocycles. The zero-order chi connectivity index (χ0) is 15.2. The minimum absolute atomic E-state index is 0.0174. The summed E-state index contributed by atoms with van der Waals surface area (Å²) in [5.74, 6) is 3.07. The van der Waals surface area contributed by atoms with Crippen LogP contribution < -0.4 is 5.32 Å². The van der Waals surface area contributed by atoms with Gasteiger partial charge in [0.15, 0.2) is 0 Å². The van der Waals surface area contributed by atoms with Gasteiger partial charge in [0.05, 0.1) is 0 Å². The third kappa shape index (κ3) is 4.97. The van der Waals surface area contributed by atoms with Crippen molar-refractivity contribution in [1.82, 2.24) is 9.97 Å². The van der Waals surface area contributed by atoms with Gasteiger partial charge in [-0.25, -0.2) is 9.97 Å². The van der Waals surface area contributed by atoms with E-state index in [0.717, 1.165) is 35.4 Å². The van der Waals surface area contributed by atoms with E-state index in [4.69, 9.17) is 9.97 Å². The van der Waals surface area contributed by atoms with Crippen LogP contribution in [0.3, 0.4) is 0 Å². The maximum atomic E-state index is 4.80. The Morgan fingerprint density at radius 2 is 1.80 bits per heavy atom. The van der Waals surface area contributed by atoms with E-state index in [1.165, 1.54) is 18.4 Å². The van der Waals surface area contributed by atoms with Crippen molar-refractivity contribution < 1.29 is 0 Å². The Hall–Kier alpha value is -0.770. The lowest BCUT2D eigenvalue weighted by atomic mass is 9.95. The van der Waals surface area contributed by atoms with E-state index < -0.39 is 0 Å².